The van der Waals surface area contributed by atoms with E-state index in [4.69, 9.17) is 0 Å². The molecular formula is C41H82N2. The first-order valence-electron chi connectivity index (χ1n) is 20.4. The molecule has 0 saturated carbocycles. The fourth-order valence-corrected chi connectivity index (χ4v) is 7.23. The maximum absolute atomic E-state index is 2.65. The minimum absolute atomic E-state index is 0.586. The van der Waals surface area contributed by atoms with Crippen LogP contribution in [0.4, 0.5) is 0 Å². The minimum atomic E-state index is 0.586. The summed E-state index contributed by atoms with van der Waals surface area (Å²) in [5.74, 6) is 0.687. The highest BCUT2D eigenvalue weighted by atomic mass is 15.4. The summed E-state index contributed by atoms with van der Waals surface area (Å²) in [6, 6.07) is 0. The molecule has 0 aliphatic carbocycles. The molecule has 0 fully saturated rings. The monoisotopic (exact) mass is 603 g/mol. The fraction of sp³-hybridized carbons (Fsp3) is 0.951. The normalized spacial score (nSPS) is 15.0. The number of rotatable bonds is 34. The van der Waals surface area contributed by atoms with Crippen molar-refractivity contribution in [2.75, 3.05) is 13.1 Å². The van der Waals surface area contributed by atoms with E-state index in [1.165, 1.54) is 212 Å². The number of unbranched alkanes of at least 4 members (excludes halogenated alkanes) is 29. The topological polar surface area (TPSA) is 6.48 Å². The second kappa shape index (κ2) is 31.3. The molecule has 0 spiro atoms. The third-order valence-electron chi connectivity index (χ3n) is 10.0. The summed E-state index contributed by atoms with van der Waals surface area (Å²) in [5.41, 5.74) is 0. The summed E-state index contributed by atoms with van der Waals surface area (Å²) in [6.45, 7) is 11.9. The third-order valence-corrected chi connectivity index (χ3v) is 10.0. The molecule has 0 aromatic rings. The summed E-state index contributed by atoms with van der Waals surface area (Å²) in [6.07, 6.45) is 50.2. The van der Waals surface area contributed by atoms with Crippen molar-refractivity contribution in [1.82, 2.24) is 9.80 Å². The van der Waals surface area contributed by atoms with Crippen LogP contribution in [0.25, 0.3) is 0 Å². The van der Waals surface area contributed by atoms with E-state index >= 15 is 0 Å². The Balaban J connectivity index is 1.92. The molecular weight excluding hydrogens is 520 g/mol. The summed E-state index contributed by atoms with van der Waals surface area (Å²) in [7, 11) is 0. The van der Waals surface area contributed by atoms with Gasteiger partial charge in [-0.1, -0.05) is 214 Å². The van der Waals surface area contributed by atoms with E-state index in [1.807, 2.05) is 0 Å². The standard InChI is InChI=1S/C41H82N2/c1-5-7-9-11-13-15-17-19-21-22-23-25-27-29-31-33-35-37-43-39-38-42(41(43)40(3)4)36-34-32-30-28-26-24-20-18-16-14-12-10-8-6-2/h38-41H,5-37H2,1-4H3. The van der Waals surface area contributed by atoms with Gasteiger partial charge in [0.25, 0.3) is 0 Å². The molecule has 1 heterocycles. The minimum Gasteiger partial charge on any atom is -0.356 e. The molecule has 0 bridgehead atoms. The van der Waals surface area contributed by atoms with Gasteiger partial charge in [-0.3, -0.25) is 0 Å². The van der Waals surface area contributed by atoms with Crippen molar-refractivity contribution in [2.45, 2.75) is 233 Å². The molecule has 0 aromatic heterocycles. The van der Waals surface area contributed by atoms with Crippen LogP contribution >= 0.6 is 0 Å². The fourth-order valence-electron chi connectivity index (χ4n) is 7.23. The highest BCUT2D eigenvalue weighted by Gasteiger charge is 2.28. The number of hydrogen-bond acceptors (Lipinski definition) is 2. The smallest absolute Gasteiger partial charge is 0.103 e. The zero-order valence-electron chi connectivity index (χ0n) is 30.5. The largest absolute Gasteiger partial charge is 0.356 e. The van der Waals surface area contributed by atoms with E-state index < -0.39 is 0 Å². The molecule has 43 heavy (non-hydrogen) atoms. The Bertz CT molecular complexity index is 570. The maximum Gasteiger partial charge on any atom is 0.103 e. The summed E-state index contributed by atoms with van der Waals surface area (Å²) in [5, 5.41) is 0. The van der Waals surface area contributed by atoms with Crippen molar-refractivity contribution >= 4 is 0 Å². The van der Waals surface area contributed by atoms with E-state index in [0.717, 1.165) is 0 Å². The lowest BCUT2D eigenvalue weighted by Crippen LogP contribution is -2.43. The van der Waals surface area contributed by atoms with Gasteiger partial charge in [-0.15, -0.1) is 0 Å². The molecule has 0 aromatic carbocycles. The molecule has 1 aliphatic heterocycles. The Morgan fingerprint density at radius 1 is 0.349 bits per heavy atom. The van der Waals surface area contributed by atoms with Crippen LogP contribution in [0, 0.1) is 5.92 Å². The molecule has 256 valence electrons. The van der Waals surface area contributed by atoms with Crippen molar-refractivity contribution in [1.29, 1.82) is 0 Å². The van der Waals surface area contributed by atoms with Gasteiger partial charge in [-0.05, 0) is 18.8 Å². The highest BCUT2D eigenvalue weighted by Crippen LogP contribution is 2.24. The maximum atomic E-state index is 2.65. The second-order valence-corrected chi connectivity index (χ2v) is 14.7. The quantitative estimate of drug-likeness (QED) is 0.0676. The van der Waals surface area contributed by atoms with Gasteiger partial charge in [0.05, 0.1) is 0 Å². The average molecular weight is 603 g/mol. The van der Waals surface area contributed by atoms with Gasteiger partial charge < -0.3 is 9.80 Å². The Morgan fingerprint density at radius 3 is 0.767 bits per heavy atom. The molecule has 1 atom stereocenters. The Hall–Kier alpha value is -0.660. The van der Waals surface area contributed by atoms with Gasteiger partial charge in [0.1, 0.15) is 6.17 Å². The van der Waals surface area contributed by atoms with Crippen LogP contribution in [-0.2, 0) is 0 Å². The summed E-state index contributed by atoms with van der Waals surface area (Å²) in [4.78, 5) is 5.30. The van der Waals surface area contributed by atoms with Crippen LogP contribution < -0.4 is 0 Å². The van der Waals surface area contributed by atoms with Crippen molar-refractivity contribution < 1.29 is 0 Å². The Kier molecular flexibility index (Phi) is 29.4. The highest BCUT2D eigenvalue weighted by molar-refractivity contribution is 4.98. The predicted molar refractivity (Wildman–Crippen MR) is 196 cm³/mol. The molecule has 0 N–H and O–H groups in total. The van der Waals surface area contributed by atoms with E-state index in [1.54, 1.807) is 0 Å². The van der Waals surface area contributed by atoms with Crippen LogP contribution in [0.5, 0.6) is 0 Å². The predicted octanol–water partition coefficient (Wildman–Crippen LogP) is 14.2. The molecule has 0 radical (unpaired) electrons. The third kappa shape index (κ3) is 24.3. The Morgan fingerprint density at radius 2 is 0.558 bits per heavy atom. The van der Waals surface area contributed by atoms with Gasteiger partial charge in [-0.25, -0.2) is 0 Å². The lowest BCUT2D eigenvalue weighted by atomic mass is 10.0. The van der Waals surface area contributed by atoms with E-state index in [2.05, 4.69) is 49.9 Å². The SMILES string of the molecule is CCCCCCCCCCCCCCCCCCCN1C=CN(CCCCCCCCCCCCCCCC)C1C(C)C. The van der Waals surface area contributed by atoms with Crippen molar-refractivity contribution in [2.24, 2.45) is 5.92 Å². The first kappa shape index (κ1) is 40.4. The van der Waals surface area contributed by atoms with Gasteiger partial charge in [0.15, 0.2) is 0 Å². The first-order chi connectivity index (χ1) is 21.2. The average Bonchev–Trinajstić information content (AvgIpc) is 3.41. The molecule has 1 aliphatic rings. The van der Waals surface area contributed by atoms with Gasteiger partial charge in [0.2, 0.25) is 0 Å². The van der Waals surface area contributed by atoms with Gasteiger partial charge in [0, 0.05) is 25.5 Å². The lowest BCUT2D eigenvalue weighted by Gasteiger charge is -2.36. The molecule has 0 saturated heterocycles. The van der Waals surface area contributed by atoms with E-state index in [-0.39, 0.29) is 0 Å². The van der Waals surface area contributed by atoms with E-state index in [9.17, 15) is 0 Å². The zero-order chi connectivity index (χ0) is 31.1. The summed E-state index contributed by atoms with van der Waals surface area (Å²) < 4.78 is 0. The van der Waals surface area contributed by atoms with Crippen molar-refractivity contribution in [3.05, 3.63) is 12.4 Å². The Labute approximate surface area is 273 Å². The first-order valence-corrected chi connectivity index (χ1v) is 20.4. The molecule has 2 nitrogen and oxygen atoms in total. The van der Waals surface area contributed by atoms with Crippen LogP contribution in [0.2, 0.25) is 0 Å². The van der Waals surface area contributed by atoms with Crippen LogP contribution in [0.15, 0.2) is 12.4 Å². The molecule has 2 heteroatoms. The number of nitrogens with zero attached hydrogens (tertiary/aromatic N) is 2. The molecule has 0 amide bonds. The molecule has 1 unspecified atom stereocenters. The van der Waals surface area contributed by atoms with Crippen molar-refractivity contribution in [3.63, 3.8) is 0 Å². The second-order valence-electron chi connectivity index (χ2n) is 14.7. The van der Waals surface area contributed by atoms with Gasteiger partial charge in [-0.2, -0.15) is 0 Å². The van der Waals surface area contributed by atoms with E-state index in [0.29, 0.717) is 12.1 Å². The lowest BCUT2D eigenvalue weighted by molar-refractivity contribution is 0.104. The van der Waals surface area contributed by atoms with Crippen LogP contribution in [0.3, 0.4) is 0 Å². The van der Waals surface area contributed by atoms with Crippen molar-refractivity contribution in [3.8, 4) is 0 Å². The zero-order valence-corrected chi connectivity index (χ0v) is 30.5. The number of hydrogen-bond donors (Lipinski definition) is 0. The van der Waals surface area contributed by atoms with Crippen LogP contribution in [-0.4, -0.2) is 29.1 Å². The van der Waals surface area contributed by atoms with Crippen LogP contribution in [0.1, 0.15) is 227 Å². The van der Waals surface area contributed by atoms with Gasteiger partial charge >= 0.3 is 0 Å². The molecule has 1 rings (SSSR count). The summed E-state index contributed by atoms with van der Waals surface area (Å²) >= 11 is 0.